The Bertz CT molecular complexity index is 480. The summed E-state index contributed by atoms with van der Waals surface area (Å²) in [4.78, 5) is 16.8. The number of thiazole rings is 1. The Balaban J connectivity index is 1.76. The third-order valence-electron chi connectivity index (χ3n) is 3.32. The van der Waals surface area contributed by atoms with Gasteiger partial charge in [0.25, 0.3) is 0 Å². The quantitative estimate of drug-likeness (QED) is 0.830. The molecular formula is C14H19N3OS. The first-order chi connectivity index (χ1) is 9.28. The molecule has 0 aromatic carbocycles. The Morgan fingerprint density at radius 2 is 2.32 bits per heavy atom. The molecule has 0 spiro atoms. The lowest BCUT2D eigenvalue weighted by molar-refractivity contribution is -0.116. The van der Waals surface area contributed by atoms with Gasteiger partial charge in [-0.15, -0.1) is 0 Å². The van der Waals surface area contributed by atoms with Crippen molar-refractivity contribution < 1.29 is 4.79 Å². The molecule has 1 aliphatic rings. The van der Waals surface area contributed by atoms with Crippen LogP contribution in [0.4, 0.5) is 5.13 Å². The highest BCUT2D eigenvalue weighted by Gasteiger charge is 2.16. The van der Waals surface area contributed by atoms with Crippen LogP contribution >= 0.6 is 11.3 Å². The number of aromatic nitrogens is 1. The van der Waals surface area contributed by atoms with E-state index in [1.165, 1.54) is 37.0 Å². The number of carbonyl (C=O) groups is 1. The molecule has 1 fully saturated rings. The van der Waals surface area contributed by atoms with Crippen molar-refractivity contribution in [2.45, 2.75) is 38.5 Å². The van der Waals surface area contributed by atoms with Crippen molar-refractivity contribution in [2.75, 3.05) is 11.9 Å². The van der Waals surface area contributed by atoms with Crippen molar-refractivity contribution in [3.05, 3.63) is 11.1 Å². The van der Waals surface area contributed by atoms with Gasteiger partial charge < -0.3 is 11.1 Å². The van der Waals surface area contributed by atoms with Gasteiger partial charge in [-0.3, -0.25) is 4.79 Å². The monoisotopic (exact) mass is 277 g/mol. The van der Waals surface area contributed by atoms with Gasteiger partial charge in [-0.2, -0.15) is 0 Å². The first kappa shape index (κ1) is 14.0. The molecule has 1 aromatic heterocycles. The second kappa shape index (κ2) is 7.27. The first-order valence-corrected chi connectivity index (χ1v) is 7.54. The molecule has 102 valence electrons. The molecule has 1 aromatic rings. The zero-order valence-electron chi connectivity index (χ0n) is 10.9. The van der Waals surface area contributed by atoms with E-state index in [4.69, 9.17) is 5.73 Å². The molecule has 19 heavy (non-hydrogen) atoms. The van der Waals surface area contributed by atoms with Crippen molar-refractivity contribution in [1.82, 2.24) is 4.98 Å². The number of hydrogen-bond acceptors (Lipinski definition) is 4. The average molecular weight is 277 g/mol. The van der Waals surface area contributed by atoms with E-state index < -0.39 is 0 Å². The molecule has 4 nitrogen and oxygen atoms in total. The molecule has 0 unspecified atom stereocenters. The van der Waals surface area contributed by atoms with Crippen LogP contribution < -0.4 is 11.1 Å². The zero-order valence-corrected chi connectivity index (χ0v) is 11.8. The first-order valence-electron chi connectivity index (χ1n) is 6.72. The summed E-state index contributed by atoms with van der Waals surface area (Å²) in [6.45, 7) is 0.334. The van der Waals surface area contributed by atoms with Gasteiger partial charge in [-0.05, 0) is 12.3 Å². The van der Waals surface area contributed by atoms with Gasteiger partial charge in [0.1, 0.15) is 0 Å². The molecule has 2 rings (SSSR count). The van der Waals surface area contributed by atoms with Crippen LogP contribution in [-0.4, -0.2) is 17.4 Å². The third kappa shape index (κ3) is 4.66. The lowest BCUT2D eigenvalue weighted by atomic mass is 10.0. The Morgan fingerprint density at radius 3 is 3.05 bits per heavy atom. The molecule has 1 heterocycles. The van der Waals surface area contributed by atoms with Crippen LogP contribution in [-0.2, 0) is 4.79 Å². The van der Waals surface area contributed by atoms with Crippen molar-refractivity contribution in [3.8, 4) is 11.8 Å². The Hall–Kier alpha value is -1.38. The van der Waals surface area contributed by atoms with Gasteiger partial charge in [0.15, 0.2) is 5.13 Å². The van der Waals surface area contributed by atoms with Crippen LogP contribution in [0.15, 0.2) is 6.20 Å². The van der Waals surface area contributed by atoms with Crippen molar-refractivity contribution in [3.63, 3.8) is 0 Å². The van der Waals surface area contributed by atoms with E-state index >= 15 is 0 Å². The predicted octanol–water partition coefficient (Wildman–Crippen LogP) is 2.36. The molecule has 0 bridgehead atoms. The third-order valence-corrected chi connectivity index (χ3v) is 4.15. The molecular weight excluding hydrogens is 258 g/mol. The Morgan fingerprint density at radius 1 is 1.53 bits per heavy atom. The van der Waals surface area contributed by atoms with Crippen LogP contribution in [0.1, 0.15) is 43.4 Å². The lowest BCUT2D eigenvalue weighted by Crippen LogP contribution is -2.12. The van der Waals surface area contributed by atoms with E-state index in [2.05, 4.69) is 22.1 Å². The van der Waals surface area contributed by atoms with Gasteiger partial charge in [-0.1, -0.05) is 48.9 Å². The van der Waals surface area contributed by atoms with E-state index in [-0.39, 0.29) is 5.91 Å². The topological polar surface area (TPSA) is 68.0 Å². The smallest absolute Gasteiger partial charge is 0.226 e. The van der Waals surface area contributed by atoms with Crippen molar-refractivity contribution >= 4 is 22.4 Å². The molecule has 0 aliphatic heterocycles. The fraction of sp³-hybridized carbons (Fsp3) is 0.571. The van der Waals surface area contributed by atoms with Crippen LogP contribution in [0, 0.1) is 17.8 Å². The second-order valence-electron chi connectivity index (χ2n) is 4.77. The van der Waals surface area contributed by atoms with Gasteiger partial charge in [0.2, 0.25) is 5.91 Å². The number of nitrogens with one attached hydrogen (secondary N) is 1. The highest BCUT2D eigenvalue weighted by atomic mass is 32.1. The number of nitrogens with zero attached hydrogens (tertiary/aromatic N) is 1. The molecule has 5 heteroatoms. The molecule has 1 amide bonds. The van der Waals surface area contributed by atoms with Crippen molar-refractivity contribution in [1.29, 1.82) is 0 Å². The number of nitrogens with two attached hydrogens (primary N) is 1. The van der Waals surface area contributed by atoms with Crippen LogP contribution in [0.5, 0.6) is 0 Å². The number of hydrogen-bond donors (Lipinski definition) is 2. The fourth-order valence-corrected chi connectivity index (χ4v) is 3.05. The van der Waals surface area contributed by atoms with Gasteiger partial charge >= 0.3 is 0 Å². The summed E-state index contributed by atoms with van der Waals surface area (Å²) in [5.74, 6) is 6.47. The van der Waals surface area contributed by atoms with E-state index in [9.17, 15) is 4.79 Å². The Kier molecular flexibility index (Phi) is 5.37. The molecule has 0 atom stereocenters. The largest absolute Gasteiger partial charge is 0.320 e. The van der Waals surface area contributed by atoms with Crippen LogP contribution in [0.25, 0.3) is 0 Å². The minimum Gasteiger partial charge on any atom is -0.320 e. The summed E-state index contributed by atoms with van der Waals surface area (Å²) in [6.07, 6.45) is 8.46. The van der Waals surface area contributed by atoms with Crippen LogP contribution in [0.2, 0.25) is 0 Å². The standard InChI is InChI=1S/C14H19N3OS/c15-9-3-6-12-10-16-14(19-12)17-13(18)8-7-11-4-1-2-5-11/h10-11H,1-2,4-5,7-9,15H2,(H,16,17,18). The number of rotatable bonds is 4. The summed E-state index contributed by atoms with van der Waals surface area (Å²) in [7, 11) is 0. The summed E-state index contributed by atoms with van der Waals surface area (Å²) in [5, 5.41) is 3.46. The fourth-order valence-electron chi connectivity index (χ4n) is 2.34. The van der Waals surface area contributed by atoms with E-state index in [0.717, 1.165) is 17.2 Å². The highest BCUT2D eigenvalue weighted by Crippen LogP contribution is 2.28. The minimum atomic E-state index is 0.0552. The molecule has 0 saturated heterocycles. The summed E-state index contributed by atoms with van der Waals surface area (Å²) in [5.41, 5.74) is 5.30. The van der Waals surface area contributed by atoms with E-state index in [1.54, 1.807) is 6.20 Å². The maximum atomic E-state index is 11.8. The zero-order chi connectivity index (χ0) is 13.5. The minimum absolute atomic E-state index is 0.0552. The predicted molar refractivity (Wildman–Crippen MR) is 77.9 cm³/mol. The van der Waals surface area contributed by atoms with E-state index in [0.29, 0.717) is 18.1 Å². The maximum absolute atomic E-state index is 11.8. The highest BCUT2D eigenvalue weighted by molar-refractivity contribution is 7.16. The molecule has 0 radical (unpaired) electrons. The van der Waals surface area contributed by atoms with Gasteiger partial charge in [-0.25, -0.2) is 4.98 Å². The average Bonchev–Trinajstić information content (AvgIpc) is 3.05. The van der Waals surface area contributed by atoms with Crippen molar-refractivity contribution in [2.24, 2.45) is 11.7 Å². The SMILES string of the molecule is NCC#Cc1cnc(NC(=O)CCC2CCCC2)s1. The molecule has 3 N–H and O–H groups in total. The summed E-state index contributed by atoms with van der Waals surface area (Å²) < 4.78 is 0. The normalized spacial score (nSPS) is 15.0. The summed E-state index contributed by atoms with van der Waals surface area (Å²) in [6, 6.07) is 0. The number of anilines is 1. The van der Waals surface area contributed by atoms with Crippen LogP contribution in [0.3, 0.4) is 0 Å². The number of carbonyl (C=O) groups excluding carboxylic acids is 1. The number of amides is 1. The maximum Gasteiger partial charge on any atom is 0.226 e. The van der Waals surface area contributed by atoms with Gasteiger partial charge in [0, 0.05) is 6.42 Å². The van der Waals surface area contributed by atoms with E-state index in [1.807, 2.05) is 0 Å². The van der Waals surface area contributed by atoms with Gasteiger partial charge in [0.05, 0.1) is 17.6 Å². The lowest BCUT2D eigenvalue weighted by Gasteiger charge is -2.07. The summed E-state index contributed by atoms with van der Waals surface area (Å²) >= 11 is 1.39. The Labute approximate surface area is 117 Å². The molecule has 1 saturated carbocycles. The second-order valence-corrected chi connectivity index (χ2v) is 5.80. The molecule has 1 aliphatic carbocycles.